The second kappa shape index (κ2) is 7.97. The van der Waals surface area contributed by atoms with Crippen molar-refractivity contribution in [2.75, 3.05) is 13.1 Å². The molecule has 2 aromatic carbocycles. The zero-order valence-corrected chi connectivity index (χ0v) is 19.1. The van der Waals surface area contributed by atoms with Crippen molar-refractivity contribution < 1.29 is 14.3 Å². The Morgan fingerprint density at radius 2 is 1.80 bits per heavy atom. The minimum atomic E-state index is -0.531. The van der Waals surface area contributed by atoms with Crippen molar-refractivity contribution in [3.8, 4) is 11.5 Å². The minimum absolute atomic E-state index is 0.0315. The highest BCUT2D eigenvalue weighted by Crippen LogP contribution is 2.52. The number of rotatable bonds is 5. The summed E-state index contributed by atoms with van der Waals surface area (Å²) >= 11 is 0. The maximum Gasteiger partial charge on any atom is 0.265 e. The molecule has 4 aliphatic rings. The molecule has 2 unspecified atom stereocenters. The summed E-state index contributed by atoms with van der Waals surface area (Å²) in [6.45, 7) is 5.02. The van der Waals surface area contributed by atoms with Gasteiger partial charge in [-0.2, -0.15) is 10.2 Å². The van der Waals surface area contributed by atoms with Crippen LogP contribution in [0.3, 0.4) is 0 Å². The molecule has 0 bridgehead atoms. The predicted octanol–water partition coefficient (Wildman–Crippen LogP) is 2.06. The maximum absolute atomic E-state index is 12.9. The molecule has 0 radical (unpaired) electrons. The third-order valence-electron chi connectivity index (χ3n) is 7.38. The van der Waals surface area contributed by atoms with E-state index in [4.69, 9.17) is 15.6 Å². The van der Waals surface area contributed by atoms with E-state index in [1.54, 1.807) is 0 Å². The van der Waals surface area contributed by atoms with Crippen molar-refractivity contribution in [2.24, 2.45) is 27.3 Å². The number of nitrogens with two attached hydrogens (primary N) is 1. The standard InChI is InChI=1S/C26H26N6O3/c1-2-20(33)31-14-26(15-31)12-17(13-26)32-23-21(24(27)28-29-25(23)34)22(30-32)16-8-10-19(11-9-16)35-18-6-4-3-5-7-18/h2-11,17,21,23H,1,12-15H2,(H2,27,28)(H,29,34). The second-order valence-corrected chi connectivity index (χ2v) is 9.70. The number of hydrogen-bond donors (Lipinski definition) is 2. The van der Waals surface area contributed by atoms with Crippen LogP contribution in [-0.4, -0.2) is 58.4 Å². The first kappa shape index (κ1) is 21.4. The predicted molar refractivity (Wildman–Crippen MR) is 131 cm³/mol. The fraction of sp³-hybridized carbons (Fsp3) is 0.308. The molecule has 35 heavy (non-hydrogen) atoms. The van der Waals surface area contributed by atoms with Crippen LogP contribution in [0.4, 0.5) is 0 Å². The Hall–Kier alpha value is -4.14. The van der Waals surface area contributed by atoms with Gasteiger partial charge in [-0.25, -0.2) is 5.43 Å². The van der Waals surface area contributed by atoms with E-state index in [2.05, 4.69) is 17.1 Å². The Bertz CT molecular complexity index is 1240. The molecule has 9 nitrogen and oxygen atoms in total. The van der Waals surface area contributed by atoms with Crippen LogP contribution in [0.2, 0.25) is 0 Å². The molecule has 0 aromatic heterocycles. The lowest BCUT2D eigenvalue weighted by Gasteiger charge is -2.60. The maximum atomic E-state index is 12.9. The monoisotopic (exact) mass is 470 g/mol. The molecular weight excluding hydrogens is 444 g/mol. The van der Waals surface area contributed by atoms with Gasteiger partial charge in [-0.05, 0) is 60.9 Å². The van der Waals surface area contributed by atoms with Crippen LogP contribution in [0.1, 0.15) is 18.4 Å². The molecule has 6 rings (SSSR count). The summed E-state index contributed by atoms with van der Waals surface area (Å²) in [7, 11) is 0. The minimum Gasteiger partial charge on any atom is -0.457 e. The highest BCUT2D eigenvalue weighted by atomic mass is 16.5. The first-order valence-electron chi connectivity index (χ1n) is 11.7. The van der Waals surface area contributed by atoms with Crippen molar-refractivity contribution in [3.05, 3.63) is 72.8 Å². The van der Waals surface area contributed by atoms with E-state index in [-0.39, 0.29) is 23.3 Å². The number of carbonyl (C=O) groups is 2. The van der Waals surface area contributed by atoms with Crippen LogP contribution in [0.15, 0.2) is 77.5 Å². The fourth-order valence-corrected chi connectivity index (χ4v) is 5.68. The van der Waals surface area contributed by atoms with Gasteiger partial charge in [0.15, 0.2) is 0 Å². The van der Waals surface area contributed by atoms with E-state index in [1.807, 2.05) is 64.5 Å². The topological polar surface area (TPSA) is 113 Å². The highest BCUT2D eigenvalue weighted by Gasteiger charge is 2.59. The second-order valence-electron chi connectivity index (χ2n) is 9.70. The van der Waals surface area contributed by atoms with Gasteiger partial charge in [0.2, 0.25) is 5.91 Å². The summed E-state index contributed by atoms with van der Waals surface area (Å²) in [4.78, 5) is 26.5. The Morgan fingerprint density at radius 1 is 1.11 bits per heavy atom. The third-order valence-corrected chi connectivity index (χ3v) is 7.38. The third kappa shape index (κ3) is 3.54. The molecular formula is C26H26N6O3. The van der Waals surface area contributed by atoms with E-state index in [0.717, 1.165) is 43.0 Å². The number of carbonyl (C=O) groups excluding carboxylic acids is 2. The van der Waals surface area contributed by atoms with Gasteiger partial charge in [-0.15, -0.1) is 0 Å². The van der Waals surface area contributed by atoms with Gasteiger partial charge in [0, 0.05) is 24.5 Å². The molecule has 1 saturated heterocycles. The van der Waals surface area contributed by atoms with Crippen molar-refractivity contribution in [1.82, 2.24) is 15.3 Å². The SMILES string of the molecule is C=CC(=O)N1CC2(CC(N3N=C(c4ccc(Oc5ccccc5)cc4)C4C(N)=NNC(=O)C43)C2)C1. The van der Waals surface area contributed by atoms with Crippen molar-refractivity contribution in [2.45, 2.75) is 24.9 Å². The van der Waals surface area contributed by atoms with Crippen LogP contribution in [0.25, 0.3) is 0 Å². The molecule has 178 valence electrons. The van der Waals surface area contributed by atoms with Crippen LogP contribution < -0.4 is 15.9 Å². The largest absolute Gasteiger partial charge is 0.457 e. The first-order chi connectivity index (χ1) is 17.0. The number of nitrogens with zero attached hydrogens (tertiary/aromatic N) is 4. The molecule has 1 spiro atoms. The summed E-state index contributed by atoms with van der Waals surface area (Å²) in [6, 6.07) is 16.8. The molecule has 3 heterocycles. The van der Waals surface area contributed by atoms with Crippen molar-refractivity contribution in [3.63, 3.8) is 0 Å². The van der Waals surface area contributed by atoms with Crippen molar-refractivity contribution >= 4 is 23.4 Å². The van der Waals surface area contributed by atoms with E-state index >= 15 is 0 Å². The number of amidine groups is 1. The van der Waals surface area contributed by atoms with E-state index in [0.29, 0.717) is 11.6 Å². The smallest absolute Gasteiger partial charge is 0.265 e. The zero-order chi connectivity index (χ0) is 24.2. The van der Waals surface area contributed by atoms with Crippen LogP contribution >= 0.6 is 0 Å². The quantitative estimate of drug-likeness (QED) is 0.650. The number of hydrogen-bond acceptors (Lipinski definition) is 7. The number of nitrogens with one attached hydrogen (secondary N) is 1. The Kier molecular flexibility index (Phi) is 4.87. The van der Waals surface area contributed by atoms with Crippen molar-refractivity contribution in [1.29, 1.82) is 0 Å². The molecule has 2 fully saturated rings. The summed E-state index contributed by atoms with van der Waals surface area (Å²) < 4.78 is 5.91. The summed E-state index contributed by atoms with van der Waals surface area (Å²) in [6.07, 6.45) is 3.11. The van der Waals surface area contributed by atoms with E-state index in [1.165, 1.54) is 6.08 Å². The average molecular weight is 471 g/mol. The molecule has 9 heteroatoms. The number of ether oxygens (including phenoxy) is 1. The van der Waals surface area contributed by atoms with Crippen LogP contribution in [-0.2, 0) is 9.59 Å². The Balaban J connectivity index is 1.22. The Labute approximate surface area is 202 Å². The number of hydrazone groups is 2. The molecule has 3 N–H and O–H groups in total. The molecule has 2 aromatic rings. The number of amides is 2. The molecule has 3 aliphatic heterocycles. The molecule has 2 atom stereocenters. The lowest BCUT2D eigenvalue weighted by Crippen LogP contribution is -2.68. The summed E-state index contributed by atoms with van der Waals surface area (Å²) in [5.41, 5.74) is 10.5. The summed E-state index contributed by atoms with van der Waals surface area (Å²) in [5.74, 6) is 1.16. The van der Waals surface area contributed by atoms with E-state index < -0.39 is 12.0 Å². The van der Waals surface area contributed by atoms with Gasteiger partial charge in [0.1, 0.15) is 23.4 Å². The van der Waals surface area contributed by atoms with Gasteiger partial charge >= 0.3 is 0 Å². The molecule has 1 aliphatic carbocycles. The lowest BCUT2D eigenvalue weighted by atomic mass is 9.60. The zero-order valence-electron chi connectivity index (χ0n) is 19.1. The summed E-state index contributed by atoms with van der Waals surface area (Å²) in [5, 5.41) is 10.9. The van der Waals surface area contributed by atoms with Crippen LogP contribution in [0, 0.1) is 11.3 Å². The normalized spacial score (nSPS) is 24.5. The van der Waals surface area contributed by atoms with Gasteiger partial charge in [-0.1, -0.05) is 24.8 Å². The van der Waals surface area contributed by atoms with Gasteiger partial charge in [0.25, 0.3) is 5.91 Å². The number of benzene rings is 2. The molecule has 1 saturated carbocycles. The fourth-order valence-electron chi connectivity index (χ4n) is 5.68. The number of para-hydroxylation sites is 1. The van der Waals surface area contributed by atoms with Crippen LogP contribution in [0.5, 0.6) is 11.5 Å². The van der Waals surface area contributed by atoms with E-state index in [9.17, 15) is 9.59 Å². The average Bonchev–Trinajstić information content (AvgIpc) is 3.22. The highest BCUT2D eigenvalue weighted by molar-refractivity contribution is 6.19. The Morgan fingerprint density at radius 3 is 2.49 bits per heavy atom. The molecule has 2 amide bonds. The number of fused-ring (bicyclic) bond motifs is 1. The van der Waals surface area contributed by atoms with Gasteiger partial charge in [0.05, 0.1) is 11.6 Å². The number of likely N-dealkylation sites (tertiary alicyclic amines) is 1. The van der Waals surface area contributed by atoms with Gasteiger partial charge in [-0.3, -0.25) is 14.6 Å². The first-order valence-corrected chi connectivity index (χ1v) is 11.7. The lowest BCUT2D eigenvalue weighted by molar-refractivity contribution is -0.155. The van der Waals surface area contributed by atoms with Gasteiger partial charge < -0.3 is 15.4 Å².